The van der Waals surface area contributed by atoms with Crippen molar-refractivity contribution in [3.63, 3.8) is 0 Å². The average molecular weight is 244 g/mol. The van der Waals surface area contributed by atoms with Crippen molar-refractivity contribution in [3.05, 3.63) is 29.8 Å². The van der Waals surface area contributed by atoms with Crippen LogP contribution in [0.1, 0.15) is 17.3 Å². The molecule has 5 nitrogen and oxygen atoms in total. The Balaban J connectivity index is 2.88. The summed E-state index contributed by atoms with van der Waals surface area (Å²) in [4.78, 5) is 11.3. The zero-order valence-electron chi connectivity index (χ0n) is 8.88. The molecule has 0 aliphatic rings. The Kier molecular flexibility index (Phi) is 3.66. The van der Waals surface area contributed by atoms with E-state index in [0.717, 1.165) is 6.26 Å². The summed E-state index contributed by atoms with van der Waals surface area (Å²) in [6.45, 7) is 1.36. The third-order valence-electron chi connectivity index (χ3n) is 1.77. The highest BCUT2D eigenvalue weighted by Crippen LogP contribution is 2.14. The number of Topliss-reactive ketones (excluding diaryl/α,β-unsaturated/α-hetero) is 1. The molecule has 0 bridgehead atoms. The molecule has 6 heteroatoms. The average Bonchev–Trinajstić information content (AvgIpc) is 2.15. The van der Waals surface area contributed by atoms with Crippen molar-refractivity contribution >= 4 is 15.9 Å². The third-order valence-corrected chi connectivity index (χ3v) is 2.26. The lowest BCUT2D eigenvalue weighted by atomic mass is 10.1. The van der Waals surface area contributed by atoms with E-state index >= 15 is 0 Å². The van der Waals surface area contributed by atoms with Gasteiger partial charge in [0, 0.05) is 5.56 Å². The van der Waals surface area contributed by atoms with Crippen molar-refractivity contribution in [3.8, 4) is 5.75 Å². The van der Waals surface area contributed by atoms with Gasteiger partial charge in [-0.15, -0.1) is 0 Å². The van der Waals surface area contributed by atoms with E-state index in [0.29, 0.717) is 5.56 Å². The van der Waals surface area contributed by atoms with E-state index in [1.54, 1.807) is 0 Å². The Labute approximate surface area is 93.8 Å². The Morgan fingerprint density at radius 1 is 1.31 bits per heavy atom. The molecule has 0 amide bonds. The van der Waals surface area contributed by atoms with Crippen LogP contribution in [0.4, 0.5) is 0 Å². The number of aliphatic hydroxyl groups is 1. The largest absolute Gasteiger partial charge is 0.385 e. The summed E-state index contributed by atoms with van der Waals surface area (Å²) in [6.07, 6.45) is -0.149. The van der Waals surface area contributed by atoms with E-state index in [1.165, 1.54) is 31.2 Å². The van der Waals surface area contributed by atoms with Gasteiger partial charge in [-0.3, -0.25) is 4.79 Å². The van der Waals surface area contributed by atoms with E-state index in [1.807, 2.05) is 0 Å². The summed E-state index contributed by atoms with van der Waals surface area (Å²) < 4.78 is 26.2. The molecule has 0 saturated heterocycles. The fourth-order valence-electron chi connectivity index (χ4n) is 1.09. The first-order chi connectivity index (χ1) is 7.29. The van der Waals surface area contributed by atoms with Gasteiger partial charge in [-0.1, -0.05) is 0 Å². The van der Waals surface area contributed by atoms with Gasteiger partial charge in [0.05, 0.1) is 6.26 Å². The van der Waals surface area contributed by atoms with Gasteiger partial charge >= 0.3 is 10.1 Å². The van der Waals surface area contributed by atoms with Gasteiger partial charge in [0.15, 0.2) is 5.78 Å². The smallest absolute Gasteiger partial charge is 0.306 e. The molecule has 0 saturated carbocycles. The summed E-state index contributed by atoms with van der Waals surface area (Å²) in [5.74, 6) is -0.296. The Morgan fingerprint density at radius 2 is 1.81 bits per heavy atom. The molecule has 0 spiro atoms. The fraction of sp³-hybridized carbons (Fsp3) is 0.300. The van der Waals surface area contributed by atoms with E-state index in [2.05, 4.69) is 4.18 Å². The van der Waals surface area contributed by atoms with E-state index in [-0.39, 0.29) is 5.75 Å². The van der Waals surface area contributed by atoms with E-state index in [9.17, 15) is 13.2 Å². The number of aliphatic hydroxyl groups excluding tert-OH is 1. The zero-order chi connectivity index (χ0) is 12.3. The highest BCUT2D eigenvalue weighted by atomic mass is 32.2. The van der Waals surface area contributed by atoms with Gasteiger partial charge in [-0.05, 0) is 31.2 Å². The maximum absolute atomic E-state index is 11.3. The zero-order valence-corrected chi connectivity index (χ0v) is 9.69. The van der Waals surface area contributed by atoms with Crippen molar-refractivity contribution in [1.29, 1.82) is 0 Å². The van der Waals surface area contributed by atoms with Gasteiger partial charge in [0.2, 0.25) is 0 Å². The maximum atomic E-state index is 11.3. The van der Waals surface area contributed by atoms with Crippen molar-refractivity contribution < 1.29 is 22.5 Å². The summed E-state index contributed by atoms with van der Waals surface area (Å²) in [5.41, 5.74) is 0.302. The van der Waals surface area contributed by atoms with Gasteiger partial charge in [0.25, 0.3) is 0 Å². The van der Waals surface area contributed by atoms with Gasteiger partial charge in [0.1, 0.15) is 11.9 Å². The molecule has 1 rings (SSSR count). The SMILES string of the molecule is CC(O)C(=O)c1ccc(OS(C)(=O)=O)cc1. The molecule has 1 aromatic rings. The number of rotatable bonds is 4. The molecule has 1 unspecified atom stereocenters. The molecule has 0 aliphatic carbocycles. The summed E-state index contributed by atoms with van der Waals surface area (Å²) in [6, 6.07) is 5.51. The minimum absolute atomic E-state index is 0.129. The number of carbonyl (C=O) groups is 1. The molecular formula is C10H12O5S. The standard InChI is InChI=1S/C10H12O5S/c1-7(11)10(12)8-3-5-9(6-4-8)15-16(2,13)14/h3-7,11H,1-2H3. The quantitative estimate of drug-likeness (QED) is 0.619. The third kappa shape index (κ3) is 3.63. The molecule has 0 aromatic heterocycles. The molecule has 1 aromatic carbocycles. The van der Waals surface area contributed by atoms with Crippen molar-refractivity contribution in [1.82, 2.24) is 0 Å². The number of benzene rings is 1. The first-order valence-corrected chi connectivity index (χ1v) is 6.33. The van der Waals surface area contributed by atoms with Gasteiger partial charge < -0.3 is 9.29 Å². The Bertz CT molecular complexity index is 472. The molecule has 88 valence electrons. The van der Waals surface area contributed by atoms with Crippen LogP contribution in [-0.4, -0.2) is 31.7 Å². The predicted molar refractivity (Wildman–Crippen MR) is 57.9 cm³/mol. The lowest BCUT2D eigenvalue weighted by Gasteiger charge is -2.05. The van der Waals surface area contributed by atoms with Crippen molar-refractivity contribution in [2.45, 2.75) is 13.0 Å². The molecule has 0 aliphatic heterocycles. The summed E-state index contributed by atoms with van der Waals surface area (Å²) >= 11 is 0. The highest BCUT2D eigenvalue weighted by molar-refractivity contribution is 7.86. The van der Waals surface area contributed by atoms with E-state index in [4.69, 9.17) is 5.11 Å². The van der Waals surface area contributed by atoms with Crippen LogP contribution in [-0.2, 0) is 10.1 Å². The number of hydrogen-bond acceptors (Lipinski definition) is 5. The Morgan fingerprint density at radius 3 is 2.19 bits per heavy atom. The van der Waals surface area contributed by atoms with Crippen molar-refractivity contribution in [2.24, 2.45) is 0 Å². The van der Waals surface area contributed by atoms with Crippen LogP contribution in [0.15, 0.2) is 24.3 Å². The second-order valence-electron chi connectivity index (χ2n) is 3.35. The first-order valence-electron chi connectivity index (χ1n) is 4.51. The van der Waals surface area contributed by atoms with Crippen LogP contribution in [0.25, 0.3) is 0 Å². The topological polar surface area (TPSA) is 80.7 Å². The van der Waals surface area contributed by atoms with Crippen LogP contribution >= 0.6 is 0 Å². The normalized spacial score (nSPS) is 13.2. The molecule has 16 heavy (non-hydrogen) atoms. The van der Waals surface area contributed by atoms with Crippen LogP contribution in [0.3, 0.4) is 0 Å². The monoisotopic (exact) mass is 244 g/mol. The van der Waals surface area contributed by atoms with Crippen LogP contribution in [0, 0.1) is 0 Å². The molecule has 0 heterocycles. The molecule has 0 fully saturated rings. The molecule has 1 N–H and O–H groups in total. The van der Waals surface area contributed by atoms with Crippen LogP contribution < -0.4 is 4.18 Å². The second-order valence-corrected chi connectivity index (χ2v) is 4.93. The van der Waals surface area contributed by atoms with Gasteiger partial charge in [-0.25, -0.2) is 0 Å². The fourth-order valence-corrected chi connectivity index (χ4v) is 1.55. The maximum Gasteiger partial charge on any atom is 0.306 e. The summed E-state index contributed by atoms with van der Waals surface area (Å²) in [5, 5.41) is 9.05. The molecule has 0 radical (unpaired) electrons. The van der Waals surface area contributed by atoms with Crippen molar-refractivity contribution in [2.75, 3.05) is 6.26 Å². The molecular weight excluding hydrogens is 232 g/mol. The number of hydrogen-bond donors (Lipinski definition) is 1. The lowest BCUT2D eigenvalue weighted by molar-refractivity contribution is 0.0779. The minimum atomic E-state index is -3.56. The number of carbonyl (C=O) groups excluding carboxylic acids is 1. The minimum Gasteiger partial charge on any atom is -0.385 e. The second kappa shape index (κ2) is 4.63. The predicted octanol–water partition coefficient (Wildman–Crippen LogP) is 0.589. The van der Waals surface area contributed by atoms with Gasteiger partial charge in [-0.2, -0.15) is 8.42 Å². The summed E-state index contributed by atoms with van der Waals surface area (Å²) in [7, 11) is -3.56. The molecule has 1 atom stereocenters. The van der Waals surface area contributed by atoms with Crippen LogP contribution in [0.2, 0.25) is 0 Å². The lowest BCUT2D eigenvalue weighted by Crippen LogP contribution is -2.15. The van der Waals surface area contributed by atoms with Crippen LogP contribution in [0.5, 0.6) is 5.75 Å². The number of ketones is 1. The highest BCUT2D eigenvalue weighted by Gasteiger charge is 2.12. The first kappa shape index (κ1) is 12.7. The van der Waals surface area contributed by atoms with E-state index < -0.39 is 22.0 Å². The Hall–Kier alpha value is -1.40.